The van der Waals surface area contributed by atoms with Crippen LogP contribution in [0, 0.1) is 18.7 Å². The Bertz CT molecular complexity index is 573. The van der Waals surface area contributed by atoms with Crippen LogP contribution < -0.4 is 0 Å². The number of hydrogen-bond acceptors (Lipinski definition) is 4. The summed E-state index contributed by atoms with van der Waals surface area (Å²) >= 11 is 0. The van der Waals surface area contributed by atoms with Crippen LogP contribution in [0.2, 0.25) is 0 Å². The minimum atomic E-state index is -0.414. The summed E-state index contributed by atoms with van der Waals surface area (Å²) in [6, 6.07) is 4.62. The molecule has 1 heterocycles. The van der Waals surface area contributed by atoms with E-state index in [9.17, 15) is 9.50 Å². The maximum absolute atomic E-state index is 13.3. The van der Waals surface area contributed by atoms with Crippen molar-refractivity contribution in [1.29, 1.82) is 0 Å². The Morgan fingerprint density at radius 1 is 1.42 bits per heavy atom. The molecule has 1 fully saturated rings. The van der Waals surface area contributed by atoms with Crippen molar-refractivity contribution in [2.24, 2.45) is 5.92 Å². The minimum Gasteiger partial charge on any atom is -0.392 e. The topological polar surface area (TPSA) is 59.2 Å². The van der Waals surface area contributed by atoms with Gasteiger partial charge in [-0.2, -0.15) is 4.98 Å². The van der Waals surface area contributed by atoms with Crippen LogP contribution in [0.25, 0.3) is 11.4 Å². The Hall–Kier alpha value is -1.75. The van der Waals surface area contributed by atoms with Crippen LogP contribution in [0.4, 0.5) is 4.39 Å². The van der Waals surface area contributed by atoms with E-state index in [1.807, 2.05) is 6.92 Å². The Balaban J connectivity index is 1.79. The zero-order chi connectivity index (χ0) is 13.4. The average Bonchev–Trinajstić information content (AvgIpc) is 3.09. The number of hydrogen-bond donors (Lipinski definition) is 1. The number of halogens is 1. The Labute approximate surface area is 110 Å². The van der Waals surface area contributed by atoms with Crippen molar-refractivity contribution in [3.63, 3.8) is 0 Å². The second-order valence-corrected chi connectivity index (χ2v) is 5.14. The molecule has 0 spiro atoms. The van der Waals surface area contributed by atoms with Crippen molar-refractivity contribution >= 4 is 0 Å². The molecule has 5 heteroatoms. The molecule has 0 amide bonds. The van der Waals surface area contributed by atoms with Gasteiger partial charge in [-0.25, -0.2) is 4.39 Å². The quantitative estimate of drug-likeness (QED) is 0.919. The highest BCUT2D eigenvalue weighted by atomic mass is 19.1. The average molecular weight is 262 g/mol. The summed E-state index contributed by atoms with van der Waals surface area (Å²) in [6.45, 7) is 1.81. The predicted molar refractivity (Wildman–Crippen MR) is 66.9 cm³/mol. The smallest absolute Gasteiger partial charge is 0.229 e. The zero-order valence-corrected chi connectivity index (χ0v) is 10.6. The largest absolute Gasteiger partial charge is 0.392 e. The summed E-state index contributed by atoms with van der Waals surface area (Å²) in [5, 5.41) is 13.7. The second-order valence-electron chi connectivity index (χ2n) is 5.14. The highest BCUT2D eigenvalue weighted by Gasteiger charge is 2.31. The molecular formula is C14H15FN2O2. The van der Waals surface area contributed by atoms with Gasteiger partial charge < -0.3 is 9.63 Å². The van der Waals surface area contributed by atoms with E-state index in [0.29, 0.717) is 29.6 Å². The number of rotatable bonds is 4. The third-order valence-electron chi connectivity index (χ3n) is 3.32. The molecule has 3 rings (SSSR count). The van der Waals surface area contributed by atoms with E-state index in [1.165, 1.54) is 12.1 Å². The van der Waals surface area contributed by atoms with Gasteiger partial charge in [0.05, 0.1) is 12.5 Å². The molecule has 19 heavy (non-hydrogen) atoms. The first-order chi connectivity index (χ1) is 9.11. The molecule has 1 N–H and O–H groups in total. The number of benzene rings is 1. The summed E-state index contributed by atoms with van der Waals surface area (Å²) in [4.78, 5) is 4.21. The first kappa shape index (κ1) is 12.3. The molecule has 0 radical (unpaired) electrons. The van der Waals surface area contributed by atoms with Crippen molar-refractivity contribution in [2.75, 3.05) is 0 Å². The van der Waals surface area contributed by atoms with Crippen LogP contribution >= 0.6 is 0 Å². The van der Waals surface area contributed by atoms with E-state index in [0.717, 1.165) is 18.4 Å². The minimum absolute atomic E-state index is 0.320. The van der Waals surface area contributed by atoms with Crippen LogP contribution in [0.3, 0.4) is 0 Å². The molecule has 1 saturated carbocycles. The van der Waals surface area contributed by atoms with Crippen molar-refractivity contribution in [3.8, 4) is 11.4 Å². The van der Waals surface area contributed by atoms with Gasteiger partial charge in [-0.15, -0.1) is 0 Å². The van der Waals surface area contributed by atoms with Gasteiger partial charge in [0.1, 0.15) is 5.82 Å². The molecule has 1 atom stereocenters. The lowest BCUT2D eigenvalue weighted by Crippen LogP contribution is -2.12. The van der Waals surface area contributed by atoms with Gasteiger partial charge >= 0.3 is 0 Å². The van der Waals surface area contributed by atoms with Gasteiger partial charge in [-0.3, -0.25) is 0 Å². The molecule has 2 aromatic rings. The van der Waals surface area contributed by atoms with Crippen molar-refractivity contribution < 1.29 is 14.0 Å². The van der Waals surface area contributed by atoms with E-state index in [2.05, 4.69) is 10.1 Å². The third-order valence-corrected chi connectivity index (χ3v) is 3.32. The molecule has 100 valence electrons. The van der Waals surface area contributed by atoms with Crippen LogP contribution in [0.15, 0.2) is 22.7 Å². The highest BCUT2D eigenvalue weighted by Crippen LogP contribution is 2.33. The predicted octanol–water partition coefficient (Wildman–Crippen LogP) is 2.50. The van der Waals surface area contributed by atoms with E-state index < -0.39 is 6.10 Å². The maximum atomic E-state index is 13.3. The van der Waals surface area contributed by atoms with Gasteiger partial charge in [0, 0.05) is 5.56 Å². The summed E-state index contributed by atoms with van der Waals surface area (Å²) in [5.41, 5.74) is 1.40. The van der Waals surface area contributed by atoms with Gasteiger partial charge in [-0.05, 0) is 49.4 Å². The Kier molecular flexibility index (Phi) is 3.06. The molecule has 1 aliphatic carbocycles. The van der Waals surface area contributed by atoms with Crippen LogP contribution in [0.5, 0.6) is 0 Å². The zero-order valence-electron chi connectivity index (χ0n) is 10.6. The fourth-order valence-electron chi connectivity index (χ4n) is 2.15. The first-order valence-corrected chi connectivity index (χ1v) is 6.40. The number of aromatic nitrogens is 2. The van der Waals surface area contributed by atoms with Crippen LogP contribution in [-0.2, 0) is 6.42 Å². The lowest BCUT2D eigenvalue weighted by molar-refractivity contribution is 0.140. The normalized spacial score (nSPS) is 16.6. The lowest BCUT2D eigenvalue weighted by atomic mass is 10.1. The van der Waals surface area contributed by atoms with Gasteiger partial charge in [0.25, 0.3) is 0 Å². The SMILES string of the molecule is Cc1cc(F)cc(-c2noc(CC(O)C3CC3)n2)c1. The molecule has 0 bridgehead atoms. The number of nitrogens with zero attached hydrogens (tertiary/aromatic N) is 2. The van der Waals surface area contributed by atoms with E-state index in [-0.39, 0.29) is 5.82 Å². The number of aliphatic hydroxyl groups excluding tert-OH is 1. The lowest BCUT2D eigenvalue weighted by Gasteiger charge is -2.03. The Morgan fingerprint density at radius 2 is 2.21 bits per heavy atom. The fourth-order valence-corrected chi connectivity index (χ4v) is 2.15. The van der Waals surface area contributed by atoms with Crippen molar-refractivity contribution in [1.82, 2.24) is 10.1 Å². The molecule has 1 unspecified atom stereocenters. The molecule has 1 aromatic heterocycles. The molecule has 0 saturated heterocycles. The van der Waals surface area contributed by atoms with Gasteiger partial charge in [0.15, 0.2) is 0 Å². The van der Waals surface area contributed by atoms with E-state index in [1.54, 1.807) is 6.07 Å². The molecule has 1 aromatic carbocycles. The summed E-state index contributed by atoms with van der Waals surface area (Å²) in [6.07, 6.45) is 2.07. The van der Waals surface area contributed by atoms with Crippen molar-refractivity contribution in [3.05, 3.63) is 35.5 Å². The summed E-state index contributed by atoms with van der Waals surface area (Å²) in [7, 11) is 0. The summed E-state index contributed by atoms with van der Waals surface area (Å²) in [5.74, 6) is 0.808. The molecule has 1 aliphatic rings. The second kappa shape index (κ2) is 4.74. The van der Waals surface area contributed by atoms with Crippen LogP contribution in [-0.4, -0.2) is 21.4 Å². The van der Waals surface area contributed by atoms with Gasteiger partial charge in [-0.1, -0.05) is 5.16 Å². The molecular weight excluding hydrogens is 247 g/mol. The first-order valence-electron chi connectivity index (χ1n) is 6.40. The van der Waals surface area contributed by atoms with E-state index >= 15 is 0 Å². The fraction of sp³-hybridized carbons (Fsp3) is 0.429. The number of aryl methyl sites for hydroxylation is 1. The summed E-state index contributed by atoms with van der Waals surface area (Å²) < 4.78 is 18.4. The maximum Gasteiger partial charge on any atom is 0.229 e. The highest BCUT2D eigenvalue weighted by molar-refractivity contribution is 5.55. The molecule has 0 aliphatic heterocycles. The van der Waals surface area contributed by atoms with Gasteiger partial charge in [0.2, 0.25) is 11.7 Å². The molecule has 4 nitrogen and oxygen atoms in total. The monoisotopic (exact) mass is 262 g/mol. The Morgan fingerprint density at radius 3 is 2.89 bits per heavy atom. The van der Waals surface area contributed by atoms with E-state index in [4.69, 9.17) is 4.52 Å². The third kappa shape index (κ3) is 2.81. The van der Waals surface area contributed by atoms with Crippen LogP contribution in [0.1, 0.15) is 24.3 Å². The number of aliphatic hydroxyl groups is 1. The standard InChI is InChI=1S/C14H15FN2O2/c1-8-4-10(6-11(15)5-8)14-16-13(19-17-14)7-12(18)9-2-3-9/h4-6,9,12,18H,2-3,7H2,1H3. The van der Waals surface area contributed by atoms with Crippen molar-refractivity contribution in [2.45, 2.75) is 32.3 Å².